The molecule has 18 heteroatoms. The van der Waals surface area contributed by atoms with Gasteiger partial charge in [0, 0.05) is 0 Å². The molecule has 0 aromatic carbocycles. The number of ether oxygens (including phenoxy) is 2. The second-order valence-electron chi connectivity index (χ2n) is 8.68. The average molecular weight is 583 g/mol. The molecule has 0 saturated carbocycles. The van der Waals surface area contributed by atoms with Crippen LogP contribution in [0.25, 0.3) is 0 Å². The SMILES string of the molecule is CC(C)(C)S(=O)NC1(CC[CH-]N)COC1.Cl.NC(CCC1(N)COC1)S(=O)(=O)O.O=S(=O)=O.[Na+]. The van der Waals surface area contributed by atoms with Crippen LogP contribution in [-0.2, 0) is 41.2 Å². The zero-order valence-electron chi connectivity index (χ0n) is 19.9. The Morgan fingerprint density at radius 1 is 1.09 bits per heavy atom. The van der Waals surface area contributed by atoms with Crippen LogP contribution in [0.1, 0.15) is 46.5 Å². The van der Waals surface area contributed by atoms with Crippen molar-refractivity contribution in [1.82, 2.24) is 4.72 Å². The first-order chi connectivity index (χ1) is 14.5. The van der Waals surface area contributed by atoms with Gasteiger partial charge >= 0.3 is 40.2 Å². The smallest absolute Gasteiger partial charge is 0.483 e. The molecular weight excluding hydrogens is 547 g/mol. The first kappa shape index (κ1) is 39.2. The Kier molecular flexibility index (Phi) is 19.9. The first-order valence-corrected chi connectivity index (χ1v) is 13.3. The molecule has 0 aromatic rings. The third-order valence-electron chi connectivity index (χ3n) is 4.50. The molecule has 2 fully saturated rings. The first-order valence-electron chi connectivity index (χ1n) is 9.62. The maximum atomic E-state index is 11.9. The van der Waals surface area contributed by atoms with Crippen LogP contribution in [0.2, 0.25) is 0 Å². The van der Waals surface area contributed by atoms with E-state index in [1.165, 1.54) is 0 Å². The van der Waals surface area contributed by atoms with Crippen molar-refractivity contribution >= 4 is 44.1 Å². The van der Waals surface area contributed by atoms with Gasteiger partial charge in [0.1, 0.15) is 5.37 Å². The van der Waals surface area contributed by atoms with Gasteiger partial charge in [0.2, 0.25) is 0 Å². The van der Waals surface area contributed by atoms with E-state index in [-0.39, 0.29) is 58.7 Å². The molecule has 0 spiro atoms. The fourth-order valence-electron chi connectivity index (χ4n) is 2.40. The van der Waals surface area contributed by atoms with E-state index in [0.29, 0.717) is 32.8 Å². The minimum Gasteiger partial charge on any atom is -0.483 e. The number of hydrogen-bond donors (Lipinski definition) is 5. The zero-order valence-corrected chi connectivity index (χ0v) is 25.2. The van der Waals surface area contributed by atoms with Crippen LogP contribution in [0.5, 0.6) is 0 Å². The van der Waals surface area contributed by atoms with Gasteiger partial charge in [-0.3, -0.25) is 11.1 Å². The monoisotopic (exact) mass is 582 g/mol. The molecule has 0 radical (unpaired) electrons. The summed E-state index contributed by atoms with van der Waals surface area (Å²) in [5, 5.41) is -1.24. The van der Waals surface area contributed by atoms with Gasteiger partial charge in [-0.25, -0.2) is 8.93 Å². The molecule has 8 N–H and O–H groups in total. The van der Waals surface area contributed by atoms with Gasteiger partial charge in [-0.1, -0.05) is 6.42 Å². The van der Waals surface area contributed by atoms with Crippen molar-refractivity contribution in [3.05, 3.63) is 6.54 Å². The fraction of sp³-hybridized carbons (Fsp3) is 0.938. The Balaban J connectivity index is -0.000000468. The van der Waals surface area contributed by atoms with Crippen LogP contribution >= 0.6 is 12.4 Å². The predicted molar refractivity (Wildman–Crippen MR) is 126 cm³/mol. The van der Waals surface area contributed by atoms with Crippen molar-refractivity contribution in [1.29, 1.82) is 0 Å². The standard InChI is InChI=1S/C10H21N2O2S.C6H14N2O4S.ClH.Na.O3S/c1-9(2,3)15(13)12-10(5-4-6-11)7-14-8-10;7-5(13(9,10)11)1-2-6(8)3-12-4-6;;;1-4(2)3/h6,12H,4-5,7-8,11H2,1-3H3;5H,1-4,7-8H2,(H,9,10,11);1H;;/q-1;;;+1;. The van der Waals surface area contributed by atoms with E-state index >= 15 is 0 Å². The van der Waals surface area contributed by atoms with E-state index < -0.39 is 42.6 Å². The van der Waals surface area contributed by atoms with Crippen molar-refractivity contribution in [2.45, 2.75) is 67.7 Å². The molecule has 0 bridgehead atoms. The molecular formula is C16H36ClN4NaO9S3. The summed E-state index contributed by atoms with van der Waals surface area (Å²) in [5.41, 5.74) is 15.7. The van der Waals surface area contributed by atoms with E-state index in [1.54, 1.807) is 6.54 Å². The summed E-state index contributed by atoms with van der Waals surface area (Å²) in [7, 11) is -8.28. The van der Waals surface area contributed by atoms with Crippen molar-refractivity contribution in [2.75, 3.05) is 26.4 Å². The maximum absolute atomic E-state index is 11.9. The van der Waals surface area contributed by atoms with Crippen LogP contribution in [0.15, 0.2) is 0 Å². The third-order valence-corrected chi connectivity index (χ3v) is 7.23. The van der Waals surface area contributed by atoms with Gasteiger partial charge in [-0.15, -0.1) is 25.0 Å². The van der Waals surface area contributed by atoms with Crippen LogP contribution in [0, 0.1) is 6.54 Å². The minimum absolute atomic E-state index is 0. The predicted octanol–water partition coefficient (Wildman–Crippen LogP) is -4.20. The normalized spacial score (nSPS) is 19.5. The molecule has 13 nitrogen and oxygen atoms in total. The van der Waals surface area contributed by atoms with Crippen LogP contribution in [-0.4, -0.2) is 77.4 Å². The molecule has 34 heavy (non-hydrogen) atoms. The van der Waals surface area contributed by atoms with Crippen molar-refractivity contribution in [3.63, 3.8) is 0 Å². The average Bonchev–Trinajstić information content (AvgIpc) is 2.58. The summed E-state index contributed by atoms with van der Waals surface area (Å²) in [6, 6.07) is 0. The van der Waals surface area contributed by atoms with E-state index in [4.69, 9.17) is 43.9 Å². The van der Waals surface area contributed by atoms with Crippen molar-refractivity contribution < 1.29 is 68.8 Å². The van der Waals surface area contributed by atoms with Gasteiger partial charge in [-0.2, -0.15) is 14.8 Å². The Hall–Kier alpha value is 0.730. The maximum Gasteiger partial charge on any atom is 1.00 e. The molecule has 2 rings (SSSR count). The quantitative estimate of drug-likeness (QED) is 0.0989. The van der Waals surface area contributed by atoms with Crippen LogP contribution in [0.4, 0.5) is 0 Å². The molecule has 2 heterocycles. The van der Waals surface area contributed by atoms with Crippen LogP contribution in [0.3, 0.4) is 0 Å². The summed E-state index contributed by atoms with van der Waals surface area (Å²) in [5.74, 6) is 0. The summed E-state index contributed by atoms with van der Waals surface area (Å²) in [6.45, 7) is 9.61. The number of nitrogens with one attached hydrogen (secondary N) is 1. The molecule has 2 aliphatic heterocycles. The van der Waals surface area contributed by atoms with Gasteiger partial charge in [0.25, 0.3) is 10.1 Å². The summed E-state index contributed by atoms with van der Waals surface area (Å²) in [6.07, 6.45) is 2.29. The minimum atomic E-state index is -4.13. The number of hydrogen-bond acceptors (Lipinski definition) is 11. The largest absolute Gasteiger partial charge is 1.00 e. The molecule has 2 unspecified atom stereocenters. The zero-order chi connectivity index (χ0) is 25.2. The van der Waals surface area contributed by atoms with E-state index in [0.717, 1.165) is 12.8 Å². The Morgan fingerprint density at radius 3 is 1.79 bits per heavy atom. The van der Waals surface area contributed by atoms with Gasteiger partial charge < -0.3 is 26.7 Å². The Labute approximate surface area is 234 Å². The number of halogens is 1. The number of nitrogens with two attached hydrogens (primary N) is 3. The van der Waals surface area contributed by atoms with Crippen molar-refractivity contribution in [2.24, 2.45) is 17.2 Å². The third kappa shape index (κ3) is 16.5. The van der Waals surface area contributed by atoms with Gasteiger partial charge in [0.05, 0.1) is 53.2 Å². The molecule has 0 amide bonds. The Morgan fingerprint density at radius 2 is 1.53 bits per heavy atom. The summed E-state index contributed by atoms with van der Waals surface area (Å²) in [4.78, 5) is 0. The molecule has 2 atom stereocenters. The van der Waals surface area contributed by atoms with E-state index in [9.17, 15) is 12.6 Å². The van der Waals surface area contributed by atoms with Crippen LogP contribution < -0.4 is 51.5 Å². The fourth-order valence-corrected chi connectivity index (χ4v) is 3.73. The summed E-state index contributed by atoms with van der Waals surface area (Å²) < 4.78 is 79.9. The molecule has 0 aromatic heterocycles. The van der Waals surface area contributed by atoms with E-state index in [1.807, 2.05) is 20.8 Å². The molecule has 0 aliphatic carbocycles. The van der Waals surface area contributed by atoms with E-state index in [2.05, 4.69) is 4.72 Å². The topological polar surface area (TPSA) is 231 Å². The summed E-state index contributed by atoms with van der Waals surface area (Å²) >= 11 is 0. The second-order valence-corrected chi connectivity index (χ2v) is 12.7. The molecule has 200 valence electrons. The molecule has 2 aliphatic rings. The van der Waals surface area contributed by atoms with Crippen molar-refractivity contribution in [3.8, 4) is 0 Å². The second kappa shape index (κ2) is 17.3. The van der Waals surface area contributed by atoms with Gasteiger partial charge in [-0.05, 0) is 33.6 Å². The Bertz CT molecular complexity index is 811. The molecule has 2 saturated heterocycles. The van der Waals surface area contributed by atoms with Gasteiger partial charge in [0.15, 0.2) is 0 Å². The number of rotatable bonds is 9.